The SMILES string of the molecule is O=C(CCCCl)Nc1ccc(N2CCCCC2)c(C(=O)NC[C@H]2CCCO2)c1. The van der Waals surface area contributed by atoms with Crippen LogP contribution in [0.3, 0.4) is 0 Å². The average molecular weight is 408 g/mol. The number of carbonyl (C=O) groups excluding carboxylic acids is 2. The molecule has 1 aromatic carbocycles. The molecular formula is C21H30ClN3O3. The van der Waals surface area contributed by atoms with Gasteiger partial charge in [0, 0.05) is 49.9 Å². The molecule has 2 N–H and O–H groups in total. The van der Waals surface area contributed by atoms with Crippen molar-refractivity contribution in [2.75, 3.05) is 42.3 Å². The molecule has 0 bridgehead atoms. The molecule has 2 heterocycles. The lowest BCUT2D eigenvalue weighted by molar-refractivity contribution is -0.116. The van der Waals surface area contributed by atoms with E-state index in [2.05, 4.69) is 15.5 Å². The van der Waals surface area contributed by atoms with Gasteiger partial charge in [-0.05, 0) is 56.7 Å². The first-order valence-electron chi connectivity index (χ1n) is 10.3. The van der Waals surface area contributed by atoms with Gasteiger partial charge >= 0.3 is 0 Å². The zero-order chi connectivity index (χ0) is 19.8. The smallest absolute Gasteiger partial charge is 0.253 e. The summed E-state index contributed by atoms with van der Waals surface area (Å²) < 4.78 is 5.61. The number of nitrogens with one attached hydrogen (secondary N) is 2. The molecule has 2 amide bonds. The summed E-state index contributed by atoms with van der Waals surface area (Å²) in [6, 6.07) is 5.61. The topological polar surface area (TPSA) is 70.7 Å². The van der Waals surface area contributed by atoms with E-state index in [1.807, 2.05) is 12.1 Å². The Kier molecular flexibility index (Phi) is 7.98. The van der Waals surface area contributed by atoms with Crippen LogP contribution in [0.2, 0.25) is 0 Å². The van der Waals surface area contributed by atoms with Crippen LogP contribution in [-0.2, 0) is 9.53 Å². The Morgan fingerprint density at radius 2 is 2.00 bits per heavy atom. The van der Waals surface area contributed by atoms with Crippen LogP contribution in [0.1, 0.15) is 55.3 Å². The van der Waals surface area contributed by atoms with Gasteiger partial charge in [0.1, 0.15) is 0 Å². The van der Waals surface area contributed by atoms with Gasteiger partial charge in [0.2, 0.25) is 5.91 Å². The van der Waals surface area contributed by atoms with Gasteiger partial charge in [0.15, 0.2) is 0 Å². The molecule has 154 valence electrons. The molecule has 0 spiro atoms. The van der Waals surface area contributed by atoms with Crippen molar-refractivity contribution >= 4 is 34.8 Å². The minimum atomic E-state index is -0.118. The second kappa shape index (κ2) is 10.7. The maximum atomic E-state index is 13.0. The van der Waals surface area contributed by atoms with E-state index in [4.69, 9.17) is 16.3 Å². The van der Waals surface area contributed by atoms with Gasteiger partial charge < -0.3 is 20.3 Å². The minimum absolute atomic E-state index is 0.0860. The molecular weight excluding hydrogens is 378 g/mol. The van der Waals surface area contributed by atoms with E-state index < -0.39 is 0 Å². The molecule has 2 saturated heterocycles. The molecule has 0 unspecified atom stereocenters. The predicted octanol–water partition coefficient (Wildman–Crippen LogP) is 3.54. The zero-order valence-electron chi connectivity index (χ0n) is 16.3. The van der Waals surface area contributed by atoms with Crippen LogP contribution in [-0.4, -0.2) is 50.0 Å². The number of carbonyl (C=O) groups is 2. The number of piperidine rings is 1. The fourth-order valence-corrected chi connectivity index (χ4v) is 3.90. The van der Waals surface area contributed by atoms with E-state index in [1.165, 1.54) is 6.42 Å². The molecule has 7 heteroatoms. The maximum Gasteiger partial charge on any atom is 0.253 e. The minimum Gasteiger partial charge on any atom is -0.376 e. The summed E-state index contributed by atoms with van der Waals surface area (Å²) in [6.07, 6.45) is 6.62. The molecule has 0 saturated carbocycles. The largest absolute Gasteiger partial charge is 0.376 e. The standard InChI is InChI=1S/C21H30ClN3O3/c22-10-4-7-20(26)24-16-8-9-19(25-11-2-1-3-12-25)18(14-16)21(27)23-15-17-6-5-13-28-17/h8-9,14,17H,1-7,10-13,15H2,(H,23,27)(H,24,26)/t17-/m1/s1. The Bertz CT molecular complexity index is 671. The highest BCUT2D eigenvalue weighted by molar-refractivity contribution is 6.18. The molecule has 0 radical (unpaired) electrons. The molecule has 0 aliphatic carbocycles. The van der Waals surface area contributed by atoms with Crippen LogP contribution in [0.5, 0.6) is 0 Å². The van der Waals surface area contributed by atoms with Gasteiger partial charge in [0.05, 0.1) is 11.7 Å². The third-order valence-corrected chi connectivity index (χ3v) is 5.54. The first kappa shape index (κ1) is 20.9. The van der Waals surface area contributed by atoms with Crippen molar-refractivity contribution in [2.24, 2.45) is 0 Å². The Balaban J connectivity index is 1.74. The zero-order valence-corrected chi connectivity index (χ0v) is 17.1. The molecule has 2 aliphatic heterocycles. The fourth-order valence-electron chi connectivity index (χ4n) is 3.76. The van der Waals surface area contributed by atoms with E-state index in [9.17, 15) is 9.59 Å². The van der Waals surface area contributed by atoms with E-state index in [0.29, 0.717) is 36.5 Å². The number of benzene rings is 1. The Morgan fingerprint density at radius 3 is 2.71 bits per heavy atom. The molecule has 28 heavy (non-hydrogen) atoms. The lowest BCUT2D eigenvalue weighted by Crippen LogP contribution is -2.35. The summed E-state index contributed by atoms with van der Waals surface area (Å²) in [7, 11) is 0. The summed E-state index contributed by atoms with van der Waals surface area (Å²) in [5.74, 6) is 0.253. The second-order valence-electron chi connectivity index (χ2n) is 7.47. The summed E-state index contributed by atoms with van der Waals surface area (Å²) >= 11 is 5.66. The number of alkyl halides is 1. The van der Waals surface area contributed by atoms with E-state index in [-0.39, 0.29) is 17.9 Å². The van der Waals surface area contributed by atoms with Crippen molar-refractivity contribution in [3.05, 3.63) is 23.8 Å². The molecule has 2 fully saturated rings. The molecule has 1 aromatic rings. The van der Waals surface area contributed by atoms with Gasteiger partial charge in [0.25, 0.3) is 5.91 Å². The number of halogens is 1. The number of nitrogens with zero attached hydrogens (tertiary/aromatic N) is 1. The number of hydrogen-bond donors (Lipinski definition) is 2. The van der Waals surface area contributed by atoms with Crippen LogP contribution >= 0.6 is 11.6 Å². The van der Waals surface area contributed by atoms with Crippen LogP contribution in [0, 0.1) is 0 Å². The number of amides is 2. The maximum absolute atomic E-state index is 13.0. The number of rotatable bonds is 8. The van der Waals surface area contributed by atoms with Gasteiger partial charge in [-0.25, -0.2) is 0 Å². The Hall–Kier alpha value is -1.79. The first-order valence-corrected chi connectivity index (χ1v) is 10.9. The number of ether oxygens (including phenoxy) is 1. The second-order valence-corrected chi connectivity index (χ2v) is 7.84. The fraction of sp³-hybridized carbons (Fsp3) is 0.619. The molecule has 6 nitrogen and oxygen atoms in total. The van der Waals surface area contributed by atoms with Crippen LogP contribution < -0.4 is 15.5 Å². The third kappa shape index (κ3) is 5.85. The highest BCUT2D eigenvalue weighted by Crippen LogP contribution is 2.27. The normalized spacial score (nSPS) is 19.5. The summed E-state index contributed by atoms with van der Waals surface area (Å²) in [6.45, 7) is 3.19. The van der Waals surface area contributed by atoms with Crippen LogP contribution in [0.15, 0.2) is 18.2 Å². The Morgan fingerprint density at radius 1 is 1.18 bits per heavy atom. The molecule has 1 atom stereocenters. The van der Waals surface area contributed by atoms with Crippen molar-refractivity contribution in [2.45, 2.75) is 51.0 Å². The Labute approximate surface area is 171 Å². The van der Waals surface area contributed by atoms with Crippen molar-refractivity contribution in [3.8, 4) is 0 Å². The lowest BCUT2D eigenvalue weighted by atomic mass is 10.1. The van der Waals surface area contributed by atoms with Crippen molar-refractivity contribution in [1.82, 2.24) is 5.32 Å². The predicted molar refractivity (Wildman–Crippen MR) is 112 cm³/mol. The van der Waals surface area contributed by atoms with Crippen LogP contribution in [0.25, 0.3) is 0 Å². The first-order chi connectivity index (χ1) is 13.7. The van der Waals surface area contributed by atoms with E-state index in [0.717, 1.165) is 51.1 Å². The molecule has 2 aliphatic rings. The monoisotopic (exact) mass is 407 g/mol. The van der Waals surface area contributed by atoms with Crippen molar-refractivity contribution in [3.63, 3.8) is 0 Å². The van der Waals surface area contributed by atoms with E-state index >= 15 is 0 Å². The van der Waals surface area contributed by atoms with Gasteiger partial charge in [-0.1, -0.05) is 0 Å². The highest BCUT2D eigenvalue weighted by Gasteiger charge is 2.21. The molecule has 0 aromatic heterocycles. The third-order valence-electron chi connectivity index (χ3n) is 5.27. The van der Waals surface area contributed by atoms with Crippen molar-refractivity contribution in [1.29, 1.82) is 0 Å². The van der Waals surface area contributed by atoms with E-state index in [1.54, 1.807) is 6.07 Å². The van der Waals surface area contributed by atoms with Gasteiger partial charge in [-0.2, -0.15) is 0 Å². The summed E-state index contributed by atoms with van der Waals surface area (Å²) in [5.41, 5.74) is 2.18. The number of hydrogen-bond acceptors (Lipinski definition) is 4. The average Bonchev–Trinajstić information content (AvgIpc) is 3.25. The highest BCUT2D eigenvalue weighted by atomic mass is 35.5. The summed E-state index contributed by atoms with van der Waals surface area (Å²) in [5, 5.41) is 5.89. The summed E-state index contributed by atoms with van der Waals surface area (Å²) in [4.78, 5) is 27.3. The van der Waals surface area contributed by atoms with Gasteiger partial charge in [-0.3, -0.25) is 9.59 Å². The number of anilines is 2. The van der Waals surface area contributed by atoms with Crippen molar-refractivity contribution < 1.29 is 14.3 Å². The quantitative estimate of drug-likeness (QED) is 0.646. The van der Waals surface area contributed by atoms with Gasteiger partial charge in [-0.15, -0.1) is 11.6 Å². The molecule has 3 rings (SSSR count). The van der Waals surface area contributed by atoms with Crippen LogP contribution in [0.4, 0.5) is 11.4 Å². The lowest BCUT2D eigenvalue weighted by Gasteiger charge is -2.30.